The standard InChI is InChI=1S/C2H9N3Si/c1-5-2-3-4-6-5/h3-4H,2,6H2,1H3. The van der Waals surface area contributed by atoms with E-state index >= 15 is 0 Å². The molecule has 1 heterocycles. The molecule has 1 aliphatic heterocycles. The van der Waals surface area contributed by atoms with Crippen molar-refractivity contribution in [2.45, 2.75) is 0 Å². The third-order valence-corrected chi connectivity index (χ3v) is 1.99. The van der Waals surface area contributed by atoms with Crippen LogP contribution in [0, 0.1) is 0 Å². The fourth-order valence-corrected chi connectivity index (χ4v) is 1.15. The van der Waals surface area contributed by atoms with Crippen molar-refractivity contribution in [3.05, 3.63) is 0 Å². The molecule has 4 heteroatoms. The Labute approximate surface area is 39.7 Å². The Kier molecular flexibility index (Phi) is 1.21. The number of hydrazine groups is 1. The zero-order chi connectivity index (χ0) is 4.41. The van der Waals surface area contributed by atoms with Crippen molar-refractivity contribution in [1.29, 1.82) is 0 Å². The summed E-state index contributed by atoms with van der Waals surface area (Å²) in [4.78, 5) is 0. The predicted molar refractivity (Wildman–Crippen MR) is 27.4 cm³/mol. The zero-order valence-corrected chi connectivity index (χ0v) is 5.28. The van der Waals surface area contributed by atoms with E-state index in [4.69, 9.17) is 0 Å². The number of hydrogen-bond donors (Lipinski definition) is 2. The lowest BCUT2D eigenvalue weighted by molar-refractivity contribution is 0.527. The van der Waals surface area contributed by atoms with E-state index in [-0.39, 0.29) is 9.84 Å². The molecule has 1 aliphatic rings. The first kappa shape index (κ1) is 4.26. The predicted octanol–water partition coefficient (Wildman–Crippen LogP) is -2.02. The van der Waals surface area contributed by atoms with Crippen molar-refractivity contribution >= 4 is 9.84 Å². The molecule has 36 valence electrons. The van der Waals surface area contributed by atoms with Gasteiger partial charge in [-0.1, -0.05) is 0 Å². The highest BCUT2D eigenvalue weighted by Gasteiger charge is 2.01. The van der Waals surface area contributed by atoms with E-state index in [0.717, 1.165) is 6.67 Å². The average molecular weight is 103 g/mol. The Morgan fingerprint density at radius 1 is 1.83 bits per heavy atom. The molecule has 0 unspecified atom stereocenters. The Balaban J connectivity index is 2.18. The maximum absolute atomic E-state index is 3.09. The first-order chi connectivity index (χ1) is 2.89. The summed E-state index contributed by atoms with van der Waals surface area (Å²) in [7, 11) is 2.05. The Morgan fingerprint density at radius 2 is 2.67 bits per heavy atom. The molecular formula is C2H9N3Si. The Bertz CT molecular complexity index is 42.1. The number of nitrogens with one attached hydrogen (secondary N) is 2. The zero-order valence-electron chi connectivity index (χ0n) is 3.86. The van der Waals surface area contributed by atoms with E-state index < -0.39 is 0 Å². The van der Waals surface area contributed by atoms with Crippen molar-refractivity contribution < 1.29 is 0 Å². The third kappa shape index (κ3) is 0.780. The Hall–Kier alpha value is 0.0969. The maximum Gasteiger partial charge on any atom is 0.185 e. The first-order valence-electron chi connectivity index (χ1n) is 2.04. The minimum atomic E-state index is -0.0602. The van der Waals surface area contributed by atoms with Crippen molar-refractivity contribution in [2.24, 2.45) is 0 Å². The lowest BCUT2D eigenvalue weighted by Crippen LogP contribution is -2.24. The van der Waals surface area contributed by atoms with E-state index in [1.54, 1.807) is 0 Å². The second kappa shape index (κ2) is 1.70. The molecule has 0 spiro atoms. The van der Waals surface area contributed by atoms with Gasteiger partial charge in [0.15, 0.2) is 9.84 Å². The van der Waals surface area contributed by atoms with Gasteiger partial charge in [0.05, 0.1) is 6.67 Å². The van der Waals surface area contributed by atoms with Crippen molar-refractivity contribution in [1.82, 2.24) is 15.1 Å². The highest BCUT2D eigenvalue weighted by Crippen LogP contribution is 1.73. The second-order valence-electron chi connectivity index (χ2n) is 1.53. The summed E-state index contributed by atoms with van der Waals surface area (Å²) < 4.78 is 2.28. The molecule has 0 radical (unpaired) electrons. The summed E-state index contributed by atoms with van der Waals surface area (Å²) in [6, 6.07) is 0. The minimum Gasteiger partial charge on any atom is -0.305 e. The molecule has 0 saturated carbocycles. The highest BCUT2D eigenvalue weighted by atomic mass is 28.2. The topological polar surface area (TPSA) is 27.3 Å². The van der Waals surface area contributed by atoms with E-state index in [1.807, 2.05) is 0 Å². The largest absolute Gasteiger partial charge is 0.305 e. The fraction of sp³-hybridized carbons (Fsp3) is 1.00. The van der Waals surface area contributed by atoms with Gasteiger partial charge < -0.3 is 4.57 Å². The molecule has 1 fully saturated rings. The van der Waals surface area contributed by atoms with Crippen LogP contribution in [0.4, 0.5) is 0 Å². The van der Waals surface area contributed by atoms with Gasteiger partial charge in [0.25, 0.3) is 0 Å². The van der Waals surface area contributed by atoms with Gasteiger partial charge in [-0.15, -0.1) is 0 Å². The smallest absolute Gasteiger partial charge is 0.185 e. The normalized spacial score (nSPS) is 29.5. The molecule has 0 aromatic heterocycles. The van der Waals surface area contributed by atoms with Crippen LogP contribution in [-0.4, -0.2) is 28.1 Å². The van der Waals surface area contributed by atoms with Crippen LogP contribution < -0.4 is 10.5 Å². The molecule has 0 aromatic rings. The fourth-order valence-electron chi connectivity index (χ4n) is 0.438. The summed E-state index contributed by atoms with van der Waals surface area (Å²) in [5.41, 5.74) is 3.01. The number of nitrogens with zero attached hydrogens (tertiary/aromatic N) is 1. The van der Waals surface area contributed by atoms with Crippen LogP contribution in [0.15, 0.2) is 0 Å². The quantitative estimate of drug-likeness (QED) is 0.347. The molecule has 1 rings (SSSR count). The van der Waals surface area contributed by atoms with Crippen LogP contribution >= 0.6 is 0 Å². The lowest BCUT2D eigenvalue weighted by atomic mass is 11.1. The molecular weight excluding hydrogens is 94.1 g/mol. The summed E-state index contributed by atoms with van der Waals surface area (Å²) >= 11 is 0. The van der Waals surface area contributed by atoms with Crippen molar-refractivity contribution in [2.75, 3.05) is 13.7 Å². The van der Waals surface area contributed by atoms with E-state index in [0.29, 0.717) is 0 Å². The monoisotopic (exact) mass is 103 g/mol. The highest BCUT2D eigenvalue weighted by molar-refractivity contribution is 6.28. The molecule has 0 bridgehead atoms. The van der Waals surface area contributed by atoms with Gasteiger partial charge in [-0.25, -0.2) is 5.43 Å². The van der Waals surface area contributed by atoms with Crippen molar-refractivity contribution in [3.63, 3.8) is 0 Å². The van der Waals surface area contributed by atoms with Crippen LogP contribution in [0.3, 0.4) is 0 Å². The van der Waals surface area contributed by atoms with E-state index in [9.17, 15) is 0 Å². The van der Waals surface area contributed by atoms with Gasteiger partial charge in [0.2, 0.25) is 0 Å². The van der Waals surface area contributed by atoms with Gasteiger partial charge in [-0.3, -0.25) is 5.09 Å². The van der Waals surface area contributed by atoms with Crippen LogP contribution in [0.1, 0.15) is 0 Å². The average Bonchev–Trinajstić information content (AvgIpc) is 1.86. The molecule has 2 N–H and O–H groups in total. The minimum absolute atomic E-state index is 0.0602. The number of hydrogen-bond acceptors (Lipinski definition) is 3. The first-order valence-corrected chi connectivity index (χ1v) is 3.38. The van der Waals surface area contributed by atoms with Crippen LogP contribution in [0.2, 0.25) is 0 Å². The summed E-state index contributed by atoms with van der Waals surface area (Å²) in [5, 5.41) is 3.09. The SMILES string of the molecule is CN1CNN[SiH2]1. The lowest BCUT2D eigenvalue weighted by Gasteiger charge is -1.98. The van der Waals surface area contributed by atoms with E-state index in [1.165, 1.54) is 0 Å². The van der Waals surface area contributed by atoms with Gasteiger partial charge in [0.1, 0.15) is 0 Å². The Morgan fingerprint density at radius 3 is 2.83 bits per heavy atom. The van der Waals surface area contributed by atoms with Crippen molar-refractivity contribution in [3.8, 4) is 0 Å². The maximum atomic E-state index is 3.09. The molecule has 1 saturated heterocycles. The summed E-state index contributed by atoms with van der Waals surface area (Å²) in [6.45, 7) is 1.02. The molecule has 3 nitrogen and oxygen atoms in total. The molecule has 0 aromatic carbocycles. The molecule has 6 heavy (non-hydrogen) atoms. The summed E-state index contributed by atoms with van der Waals surface area (Å²) in [5.74, 6) is 0. The van der Waals surface area contributed by atoms with Crippen LogP contribution in [0.5, 0.6) is 0 Å². The van der Waals surface area contributed by atoms with Gasteiger partial charge in [-0.05, 0) is 7.05 Å². The second-order valence-corrected chi connectivity index (χ2v) is 3.28. The van der Waals surface area contributed by atoms with Crippen LogP contribution in [-0.2, 0) is 0 Å². The van der Waals surface area contributed by atoms with Gasteiger partial charge in [0, 0.05) is 0 Å². The molecule has 0 atom stereocenters. The molecule has 0 amide bonds. The van der Waals surface area contributed by atoms with E-state index in [2.05, 4.69) is 22.1 Å². The third-order valence-electron chi connectivity index (χ3n) is 0.823. The van der Waals surface area contributed by atoms with Gasteiger partial charge >= 0.3 is 0 Å². The summed E-state index contributed by atoms with van der Waals surface area (Å²) in [6.07, 6.45) is 0. The number of rotatable bonds is 0. The molecule has 0 aliphatic carbocycles. The van der Waals surface area contributed by atoms with Crippen LogP contribution in [0.25, 0.3) is 0 Å². The van der Waals surface area contributed by atoms with Gasteiger partial charge in [-0.2, -0.15) is 0 Å².